The van der Waals surface area contributed by atoms with Gasteiger partial charge in [0, 0.05) is 23.9 Å². The molecule has 5 nitrogen and oxygen atoms in total. The molecule has 176 valence electrons. The Kier molecular flexibility index (Phi) is 8.10. The second-order valence-electron chi connectivity index (χ2n) is 8.55. The van der Waals surface area contributed by atoms with Gasteiger partial charge in [-0.3, -0.25) is 0 Å². The minimum absolute atomic E-state index is 0. The summed E-state index contributed by atoms with van der Waals surface area (Å²) in [6.07, 6.45) is 2.80. The normalized spacial score (nSPS) is 22.2. The van der Waals surface area contributed by atoms with E-state index >= 15 is 0 Å². The summed E-state index contributed by atoms with van der Waals surface area (Å²) in [7, 11) is 1.70. The maximum atomic E-state index is 6.09. The Balaban J connectivity index is 0.00000259. The highest BCUT2D eigenvalue weighted by Crippen LogP contribution is 2.33. The van der Waals surface area contributed by atoms with E-state index in [1.165, 1.54) is 21.9 Å². The van der Waals surface area contributed by atoms with Gasteiger partial charge in [0.05, 0.1) is 26.9 Å². The molecule has 6 heteroatoms. The minimum Gasteiger partial charge on any atom is -0.497 e. The Morgan fingerprint density at radius 1 is 0.970 bits per heavy atom. The van der Waals surface area contributed by atoms with Gasteiger partial charge in [-0.1, -0.05) is 42.5 Å². The molecular weight excluding hydrogens is 438 g/mol. The molecule has 1 unspecified atom stereocenters. The number of benzene rings is 3. The fraction of sp³-hybridized carbons (Fsp3) is 0.407. The van der Waals surface area contributed by atoms with Crippen molar-refractivity contribution in [1.82, 2.24) is 5.32 Å². The number of para-hydroxylation sites is 1. The van der Waals surface area contributed by atoms with Crippen LogP contribution in [0.2, 0.25) is 0 Å². The second-order valence-corrected chi connectivity index (χ2v) is 8.55. The molecule has 2 aliphatic rings. The predicted octanol–water partition coefficient (Wildman–Crippen LogP) is 5.62. The van der Waals surface area contributed by atoms with Crippen molar-refractivity contribution in [2.75, 3.05) is 33.5 Å². The van der Waals surface area contributed by atoms with E-state index in [1.54, 1.807) is 7.11 Å². The molecule has 0 radical (unpaired) electrons. The van der Waals surface area contributed by atoms with Gasteiger partial charge in [-0.2, -0.15) is 0 Å². The van der Waals surface area contributed by atoms with Crippen molar-refractivity contribution in [3.8, 4) is 11.5 Å². The van der Waals surface area contributed by atoms with Crippen molar-refractivity contribution in [3.05, 3.63) is 71.8 Å². The number of nitrogens with one attached hydrogen (secondary N) is 1. The molecule has 0 amide bonds. The van der Waals surface area contributed by atoms with Crippen LogP contribution in [-0.4, -0.2) is 39.8 Å². The summed E-state index contributed by atoms with van der Waals surface area (Å²) < 4.78 is 23.3. The maximum absolute atomic E-state index is 6.09. The lowest BCUT2D eigenvalue weighted by Crippen LogP contribution is -2.32. The third kappa shape index (κ3) is 5.44. The molecule has 1 saturated heterocycles. The Labute approximate surface area is 201 Å². The number of ether oxygens (including phenoxy) is 4. The average Bonchev–Trinajstić information content (AvgIpc) is 2.86. The first-order valence-electron chi connectivity index (χ1n) is 11.6. The van der Waals surface area contributed by atoms with Crippen LogP contribution < -0.4 is 14.8 Å². The van der Waals surface area contributed by atoms with E-state index < -0.39 is 0 Å². The summed E-state index contributed by atoms with van der Waals surface area (Å²) in [4.78, 5) is 0. The van der Waals surface area contributed by atoms with Crippen LogP contribution in [0.25, 0.3) is 10.8 Å². The molecule has 0 aromatic heterocycles. The standard InChI is InChI=1S/C27H31NO4.ClH/c1-29-21-11-12-23-19(16-21)6-4-8-22(23)20-17-31-27(32-18-20)10-5-14-28-25-13-15-30-26-9-3-2-7-24(25)26;/h2-4,6-9,11-12,16,20,25,27-28H,5,10,13-15,17-18H2,1H3;1H. The molecule has 2 aliphatic heterocycles. The molecule has 0 bridgehead atoms. The van der Waals surface area contributed by atoms with Crippen LogP contribution in [-0.2, 0) is 9.47 Å². The van der Waals surface area contributed by atoms with Crippen LogP contribution >= 0.6 is 12.4 Å². The van der Waals surface area contributed by atoms with E-state index in [0.29, 0.717) is 19.3 Å². The summed E-state index contributed by atoms with van der Waals surface area (Å²) in [6, 6.07) is 21.3. The first-order valence-corrected chi connectivity index (χ1v) is 11.6. The van der Waals surface area contributed by atoms with Crippen LogP contribution in [0.5, 0.6) is 11.5 Å². The summed E-state index contributed by atoms with van der Waals surface area (Å²) in [5.41, 5.74) is 2.54. The zero-order chi connectivity index (χ0) is 21.8. The maximum Gasteiger partial charge on any atom is 0.157 e. The molecule has 1 N–H and O–H groups in total. The molecule has 0 spiro atoms. The molecule has 1 fully saturated rings. The van der Waals surface area contributed by atoms with Gasteiger partial charge in [-0.15, -0.1) is 12.4 Å². The average molecular weight is 470 g/mol. The minimum atomic E-state index is -0.120. The van der Waals surface area contributed by atoms with E-state index in [1.807, 2.05) is 12.1 Å². The molecule has 2 heterocycles. The van der Waals surface area contributed by atoms with Crippen molar-refractivity contribution >= 4 is 23.2 Å². The molecule has 1 atom stereocenters. The van der Waals surface area contributed by atoms with Crippen LogP contribution in [0, 0.1) is 0 Å². The van der Waals surface area contributed by atoms with Crippen molar-refractivity contribution in [3.63, 3.8) is 0 Å². The van der Waals surface area contributed by atoms with Crippen LogP contribution in [0.1, 0.15) is 42.3 Å². The van der Waals surface area contributed by atoms with Gasteiger partial charge in [0.1, 0.15) is 11.5 Å². The van der Waals surface area contributed by atoms with E-state index in [2.05, 4.69) is 53.8 Å². The van der Waals surface area contributed by atoms with Crippen molar-refractivity contribution < 1.29 is 18.9 Å². The monoisotopic (exact) mass is 469 g/mol. The summed E-state index contributed by atoms with van der Waals surface area (Å²) in [5, 5.41) is 6.11. The van der Waals surface area contributed by atoms with Crippen molar-refractivity contribution in [1.29, 1.82) is 0 Å². The Hall–Kier alpha value is -2.31. The Morgan fingerprint density at radius 3 is 2.64 bits per heavy atom. The number of rotatable bonds is 7. The summed E-state index contributed by atoms with van der Waals surface area (Å²) in [5.74, 6) is 2.14. The van der Waals surface area contributed by atoms with Gasteiger partial charge in [0.25, 0.3) is 0 Å². The third-order valence-electron chi connectivity index (χ3n) is 6.49. The molecule has 3 aromatic carbocycles. The topological polar surface area (TPSA) is 49.0 Å². The first-order chi connectivity index (χ1) is 15.8. The smallest absolute Gasteiger partial charge is 0.157 e. The van der Waals surface area contributed by atoms with Gasteiger partial charge >= 0.3 is 0 Å². The highest BCUT2D eigenvalue weighted by Gasteiger charge is 2.25. The van der Waals surface area contributed by atoms with Gasteiger partial charge in [-0.25, -0.2) is 0 Å². The fourth-order valence-electron chi connectivity index (χ4n) is 4.76. The first kappa shape index (κ1) is 23.8. The third-order valence-corrected chi connectivity index (χ3v) is 6.49. The molecule has 5 rings (SSSR count). The number of halogens is 1. The summed E-state index contributed by atoms with van der Waals surface area (Å²) in [6.45, 7) is 3.09. The van der Waals surface area contributed by atoms with Gasteiger partial charge < -0.3 is 24.3 Å². The Bertz CT molecular complexity index is 1050. The number of hydrogen-bond donors (Lipinski definition) is 1. The largest absolute Gasteiger partial charge is 0.497 e. The van der Waals surface area contributed by atoms with Gasteiger partial charge in [0.15, 0.2) is 6.29 Å². The zero-order valence-electron chi connectivity index (χ0n) is 19.0. The second kappa shape index (κ2) is 11.2. The molecular formula is C27H32ClNO4. The fourth-order valence-corrected chi connectivity index (χ4v) is 4.76. The number of methoxy groups -OCH3 is 1. The quantitative estimate of drug-likeness (QED) is 0.455. The predicted molar refractivity (Wildman–Crippen MR) is 133 cm³/mol. The Morgan fingerprint density at radius 2 is 1.79 bits per heavy atom. The number of fused-ring (bicyclic) bond motifs is 2. The van der Waals surface area contributed by atoms with Crippen LogP contribution in [0.3, 0.4) is 0 Å². The van der Waals surface area contributed by atoms with Crippen LogP contribution in [0.15, 0.2) is 60.7 Å². The lowest BCUT2D eigenvalue weighted by Gasteiger charge is -2.31. The van der Waals surface area contributed by atoms with Crippen LogP contribution in [0.4, 0.5) is 0 Å². The highest BCUT2D eigenvalue weighted by molar-refractivity contribution is 5.87. The van der Waals surface area contributed by atoms with E-state index in [9.17, 15) is 0 Å². The molecule has 3 aromatic rings. The lowest BCUT2D eigenvalue weighted by atomic mass is 9.94. The van der Waals surface area contributed by atoms with Gasteiger partial charge in [-0.05, 0) is 53.9 Å². The molecule has 33 heavy (non-hydrogen) atoms. The zero-order valence-corrected chi connectivity index (χ0v) is 19.8. The SMILES string of the molecule is COc1ccc2c(C3COC(CCCNC4CCOc5ccccc54)OC3)cccc2c1.Cl. The van der Waals surface area contributed by atoms with Crippen molar-refractivity contribution in [2.24, 2.45) is 0 Å². The summed E-state index contributed by atoms with van der Waals surface area (Å²) >= 11 is 0. The number of hydrogen-bond acceptors (Lipinski definition) is 5. The van der Waals surface area contributed by atoms with Crippen molar-refractivity contribution in [2.45, 2.75) is 37.5 Å². The van der Waals surface area contributed by atoms with E-state index in [-0.39, 0.29) is 24.6 Å². The van der Waals surface area contributed by atoms with Gasteiger partial charge in [0.2, 0.25) is 0 Å². The molecule has 0 aliphatic carbocycles. The van der Waals surface area contributed by atoms with E-state index in [0.717, 1.165) is 43.9 Å². The molecule has 0 saturated carbocycles. The highest BCUT2D eigenvalue weighted by atomic mass is 35.5. The van der Waals surface area contributed by atoms with E-state index in [4.69, 9.17) is 18.9 Å². The lowest BCUT2D eigenvalue weighted by molar-refractivity contribution is -0.189.